The van der Waals surface area contributed by atoms with Gasteiger partial charge in [-0.3, -0.25) is 15.6 Å². The van der Waals surface area contributed by atoms with Crippen LogP contribution in [0.15, 0.2) is 11.1 Å². The van der Waals surface area contributed by atoms with Crippen molar-refractivity contribution in [1.29, 1.82) is 0 Å². The summed E-state index contributed by atoms with van der Waals surface area (Å²) in [6, 6.07) is 0. The van der Waals surface area contributed by atoms with Crippen LogP contribution in [0.4, 0.5) is 11.5 Å². The van der Waals surface area contributed by atoms with E-state index in [1.54, 1.807) is 0 Å². The lowest BCUT2D eigenvalue weighted by Gasteiger charge is -1.89. The smallest absolute Gasteiger partial charge is 0.277 e. The van der Waals surface area contributed by atoms with Crippen molar-refractivity contribution in [3.63, 3.8) is 0 Å². The number of nitrogens with zero attached hydrogens (tertiary/aromatic N) is 1. The van der Waals surface area contributed by atoms with Crippen molar-refractivity contribution in [2.45, 2.75) is 0 Å². The zero-order valence-electron chi connectivity index (χ0n) is 4.93. The molecule has 2 rings (SSSR count). The van der Waals surface area contributed by atoms with Gasteiger partial charge >= 0.3 is 0 Å². The molecule has 0 unspecified atom stereocenters. The maximum atomic E-state index is 10.9. The second-order valence-electron chi connectivity index (χ2n) is 1.83. The molecule has 4 N–H and O–H groups in total. The fraction of sp³-hybridized carbons (Fsp3) is 0. The summed E-state index contributed by atoms with van der Waals surface area (Å²) in [6.07, 6.45) is 1.34. The Morgan fingerprint density at radius 3 is 3.10 bits per heavy atom. The van der Waals surface area contributed by atoms with E-state index in [4.69, 9.17) is 0 Å². The largest absolute Gasteiger partial charge is 0.311 e. The lowest BCUT2D eigenvalue weighted by molar-refractivity contribution is 0.998. The SMILES string of the molecule is O=c1[nH]cnc2c1NNN2. The first-order valence-electron chi connectivity index (χ1n) is 2.72. The molecule has 6 nitrogen and oxygen atoms in total. The third kappa shape index (κ3) is 0.560. The van der Waals surface area contributed by atoms with Gasteiger partial charge in [0.05, 0.1) is 6.33 Å². The second kappa shape index (κ2) is 1.71. The maximum Gasteiger partial charge on any atom is 0.277 e. The molecule has 2 heterocycles. The van der Waals surface area contributed by atoms with Crippen molar-refractivity contribution in [2.24, 2.45) is 0 Å². The van der Waals surface area contributed by atoms with E-state index in [0.717, 1.165) is 0 Å². The first-order valence-corrected chi connectivity index (χ1v) is 2.72. The van der Waals surface area contributed by atoms with E-state index in [2.05, 4.69) is 26.4 Å². The third-order valence-electron chi connectivity index (χ3n) is 1.22. The highest BCUT2D eigenvalue weighted by Crippen LogP contribution is 2.12. The summed E-state index contributed by atoms with van der Waals surface area (Å²) in [4.78, 5) is 17.1. The van der Waals surface area contributed by atoms with Crippen LogP contribution in [-0.2, 0) is 0 Å². The molecule has 0 atom stereocenters. The fourth-order valence-electron chi connectivity index (χ4n) is 0.763. The minimum absolute atomic E-state index is 0.192. The Morgan fingerprint density at radius 2 is 2.30 bits per heavy atom. The van der Waals surface area contributed by atoms with Crippen LogP contribution >= 0.6 is 0 Å². The van der Waals surface area contributed by atoms with Crippen LogP contribution in [0.2, 0.25) is 0 Å². The molecule has 0 aliphatic carbocycles. The van der Waals surface area contributed by atoms with Crippen molar-refractivity contribution < 1.29 is 0 Å². The predicted molar refractivity (Wildman–Crippen MR) is 35.2 cm³/mol. The minimum atomic E-state index is -0.192. The van der Waals surface area contributed by atoms with Crippen LogP contribution in [0.1, 0.15) is 0 Å². The van der Waals surface area contributed by atoms with Crippen molar-refractivity contribution in [3.8, 4) is 0 Å². The van der Waals surface area contributed by atoms with Gasteiger partial charge < -0.3 is 4.98 Å². The quantitative estimate of drug-likeness (QED) is 0.371. The van der Waals surface area contributed by atoms with Crippen LogP contribution in [0, 0.1) is 0 Å². The Hall–Kier alpha value is -1.56. The Labute approximate surface area is 55.6 Å². The van der Waals surface area contributed by atoms with Crippen molar-refractivity contribution >= 4 is 11.5 Å². The third-order valence-corrected chi connectivity index (χ3v) is 1.22. The molecule has 10 heavy (non-hydrogen) atoms. The molecule has 0 bridgehead atoms. The summed E-state index contributed by atoms with van der Waals surface area (Å²) in [5.74, 6) is 0.517. The van der Waals surface area contributed by atoms with Gasteiger partial charge in [-0.1, -0.05) is 0 Å². The Balaban J connectivity index is 2.70. The van der Waals surface area contributed by atoms with Crippen LogP contribution in [-0.4, -0.2) is 9.97 Å². The monoisotopic (exact) mass is 139 g/mol. The van der Waals surface area contributed by atoms with Crippen LogP contribution in [0.3, 0.4) is 0 Å². The van der Waals surface area contributed by atoms with Gasteiger partial charge in [0.2, 0.25) is 0 Å². The van der Waals surface area contributed by atoms with E-state index in [-0.39, 0.29) is 5.56 Å². The first kappa shape index (κ1) is 5.24. The van der Waals surface area contributed by atoms with Gasteiger partial charge in [-0.2, -0.15) is 0 Å². The van der Waals surface area contributed by atoms with Gasteiger partial charge in [-0.25, -0.2) is 4.98 Å². The summed E-state index contributed by atoms with van der Waals surface area (Å²) >= 11 is 0. The number of aromatic nitrogens is 2. The molecule has 0 aromatic carbocycles. The van der Waals surface area contributed by atoms with Crippen LogP contribution < -0.4 is 21.9 Å². The van der Waals surface area contributed by atoms with Crippen LogP contribution in [0.25, 0.3) is 0 Å². The molecule has 1 aliphatic rings. The van der Waals surface area contributed by atoms with E-state index >= 15 is 0 Å². The molecule has 52 valence electrons. The minimum Gasteiger partial charge on any atom is -0.311 e. The Kier molecular flexibility index (Phi) is 0.896. The molecule has 0 spiro atoms. The molecule has 0 saturated carbocycles. The summed E-state index contributed by atoms with van der Waals surface area (Å²) < 4.78 is 0. The molecule has 0 saturated heterocycles. The number of hydrogen-bond donors (Lipinski definition) is 4. The summed E-state index contributed by atoms with van der Waals surface area (Å²) in [6.45, 7) is 0. The van der Waals surface area contributed by atoms with Crippen LogP contribution in [0.5, 0.6) is 0 Å². The number of aromatic amines is 1. The fourth-order valence-corrected chi connectivity index (χ4v) is 0.763. The first-order chi connectivity index (χ1) is 4.88. The Morgan fingerprint density at radius 1 is 1.40 bits per heavy atom. The zero-order chi connectivity index (χ0) is 6.97. The number of hydrazine groups is 2. The lowest BCUT2D eigenvalue weighted by Crippen LogP contribution is -2.21. The number of nitrogens with one attached hydrogen (secondary N) is 4. The number of rotatable bonds is 0. The summed E-state index contributed by atoms with van der Waals surface area (Å²) in [7, 11) is 0. The highest BCUT2D eigenvalue weighted by molar-refractivity contribution is 5.65. The van der Waals surface area contributed by atoms with Crippen molar-refractivity contribution in [2.75, 3.05) is 10.9 Å². The van der Waals surface area contributed by atoms with Gasteiger partial charge in [0.1, 0.15) is 0 Å². The average Bonchev–Trinajstić information content (AvgIpc) is 2.36. The zero-order valence-corrected chi connectivity index (χ0v) is 4.93. The molecule has 0 radical (unpaired) electrons. The normalized spacial score (nSPS) is 13.6. The van der Waals surface area contributed by atoms with Gasteiger partial charge in [0.15, 0.2) is 11.5 Å². The topological polar surface area (TPSA) is 81.8 Å². The molecule has 0 amide bonds. The molecular formula is C4H5N5O. The molecule has 6 heteroatoms. The Bertz CT molecular complexity index is 305. The van der Waals surface area contributed by atoms with Crippen molar-refractivity contribution in [3.05, 3.63) is 16.7 Å². The van der Waals surface area contributed by atoms with Gasteiger partial charge in [-0.15, -0.1) is 5.53 Å². The van der Waals surface area contributed by atoms with Gasteiger partial charge in [-0.05, 0) is 0 Å². The number of fused-ring (bicyclic) bond motifs is 1. The molecular weight excluding hydrogens is 134 g/mol. The standard InChI is InChI=1S/C4H5N5O/c10-4-2-3(5-1-6-4)8-9-7-2/h1,7,9H,(H2,5,6,8,10). The maximum absolute atomic E-state index is 10.9. The molecule has 1 aromatic rings. The van der Waals surface area contributed by atoms with Gasteiger partial charge in [0.25, 0.3) is 5.56 Å². The summed E-state index contributed by atoms with van der Waals surface area (Å²) in [5.41, 5.74) is 8.02. The highest BCUT2D eigenvalue weighted by atomic mass is 16.1. The lowest BCUT2D eigenvalue weighted by atomic mass is 10.5. The van der Waals surface area contributed by atoms with E-state index in [1.165, 1.54) is 6.33 Å². The van der Waals surface area contributed by atoms with E-state index in [0.29, 0.717) is 11.5 Å². The number of H-pyrrole nitrogens is 1. The number of hydrogen-bond acceptors (Lipinski definition) is 5. The van der Waals surface area contributed by atoms with E-state index in [9.17, 15) is 4.79 Å². The van der Waals surface area contributed by atoms with Crippen molar-refractivity contribution in [1.82, 2.24) is 15.5 Å². The highest BCUT2D eigenvalue weighted by Gasteiger charge is 2.12. The number of anilines is 2. The van der Waals surface area contributed by atoms with E-state index < -0.39 is 0 Å². The molecule has 1 aromatic heterocycles. The molecule has 1 aliphatic heterocycles. The van der Waals surface area contributed by atoms with E-state index in [1.807, 2.05) is 0 Å². The average molecular weight is 139 g/mol. The predicted octanol–water partition coefficient (Wildman–Crippen LogP) is -0.973. The summed E-state index contributed by atoms with van der Waals surface area (Å²) in [5, 5.41) is 0. The van der Waals surface area contributed by atoms with Gasteiger partial charge in [0, 0.05) is 0 Å². The second-order valence-corrected chi connectivity index (χ2v) is 1.83. The molecule has 0 fully saturated rings.